The molecule has 1 fully saturated rings. The van der Waals surface area contributed by atoms with Crippen molar-refractivity contribution in [2.75, 3.05) is 10.6 Å². The molecule has 0 spiro atoms. The Balaban J connectivity index is 2.08. The SMILES string of the molecule is Cc1cc(NC(=O)C2(C)CC2)ccc1NC(C)(C)C. The van der Waals surface area contributed by atoms with Crippen molar-refractivity contribution in [3.05, 3.63) is 23.8 Å². The smallest absolute Gasteiger partial charge is 0.230 e. The minimum Gasteiger partial charge on any atom is -0.380 e. The Bertz CT molecular complexity index is 496. The quantitative estimate of drug-likeness (QED) is 0.864. The molecule has 2 N–H and O–H groups in total. The Hall–Kier alpha value is -1.51. The molecule has 1 aromatic rings. The Labute approximate surface area is 115 Å². The van der Waals surface area contributed by atoms with Crippen LogP contribution in [0.15, 0.2) is 18.2 Å². The minimum absolute atomic E-state index is 0.0387. The zero-order valence-electron chi connectivity index (χ0n) is 12.6. The van der Waals surface area contributed by atoms with E-state index in [9.17, 15) is 4.79 Å². The summed E-state index contributed by atoms with van der Waals surface area (Å²) in [7, 11) is 0. The van der Waals surface area contributed by atoms with Crippen molar-refractivity contribution >= 4 is 17.3 Å². The third-order valence-electron chi connectivity index (χ3n) is 3.54. The van der Waals surface area contributed by atoms with Crippen LogP contribution < -0.4 is 10.6 Å². The number of hydrogen-bond donors (Lipinski definition) is 2. The highest BCUT2D eigenvalue weighted by Gasteiger charge is 2.44. The first-order valence-electron chi connectivity index (χ1n) is 6.90. The molecule has 104 valence electrons. The molecular weight excluding hydrogens is 236 g/mol. The normalized spacial score (nSPS) is 16.9. The summed E-state index contributed by atoms with van der Waals surface area (Å²) in [6, 6.07) is 6.02. The molecule has 0 atom stereocenters. The number of anilines is 2. The third-order valence-corrected chi connectivity index (χ3v) is 3.54. The van der Waals surface area contributed by atoms with Gasteiger partial charge in [0.25, 0.3) is 0 Å². The number of aryl methyl sites for hydroxylation is 1. The van der Waals surface area contributed by atoms with Crippen LogP contribution in [0.5, 0.6) is 0 Å². The number of rotatable bonds is 3. The zero-order chi connectivity index (χ0) is 14.3. The first-order valence-corrected chi connectivity index (χ1v) is 6.90. The minimum atomic E-state index is -0.129. The number of carbonyl (C=O) groups excluding carboxylic acids is 1. The fourth-order valence-corrected chi connectivity index (χ4v) is 1.98. The Morgan fingerprint density at radius 3 is 2.37 bits per heavy atom. The van der Waals surface area contributed by atoms with E-state index in [4.69, 9.17) is 0 Å². The zero-order valence-corrected chi connectivity index (χ0v) is 12.6. The predicted octanol–water partition coefficient (Wildman–Crippen LogP) is 3.94. The van der Waals surface area contributed by atoms with E-state index in [0.717, 1.165) is 29.8 Å². The van der Waals surface area contributed by atoms with Crippen LogP contribution in [0.25, 0.3) is 0 Å². The molecule has 1 aliphatic carbocycles. The van der Waals surface area contributed by atoms with E-state index in [-0.39, 0.29) is 16.9 Å². The monoisotopic (exact) mass is 260 g/mol. The van der Waals surface area contributed by atoms with Crippen LogP contribution in [-0.2, 0) is 4.79 Å². The summed E-state index contributed by atoms with van der Waals surface area (Å²) in [6.07, 6.45) is 2.00. The number of carbonyl (C=O) groups is 1. The first-order chi connectivity index (χ1) is 8.70. The van der Waals surface area contributed by atoms with E-state index in [1.54, 1.807) is 0 Å². The van der Waals surface area contributed by atoms with Gasteiger partial charge in [-0.2, -0.15) is 0 Å². The van der Waals surface area contributed by atoms with E-state index in [1.165, 1.54) is 0 Å². The lowest BCUT2D eigenvalue weighted by molar-refractivity contribution is -0.120. The standard InChI is InChI=1S/C16H24N2O/c1-11-10-12(17-14(19)16(5)8-9-16)6-7-13(11)18-15(2,3)4/h6-7,10,18H,8-9H2,1-5H3,(H,17,19). The van der Waals surface area contributed by atoms with E-state index in [1.807, 2.05) is 25.1 Å². The highest BCUT2D eigenvalue weighted by Crippen LogP contribution is 2.45. The van der Waals surface area contributed by atoms with Crippen molar-refractivity contribution in [1.29, 1.82) is 0 Å². The third kappa shape index (κ3) is 3.49. The van der Waals surface area contributed by atoms with E-state index < -0.39 is 0 Å². The molecule has 19 heavy (non-hydrogen) atoms. The lowest BCUT2D eigenvalue weighted by Crippen LogP contribution is -2.26. The molecule has 0 aromatic heterocycles. The molecule has 0 radical (unpaired) electrons. The molecule has 2 rings (SSSR count). The van der Waals surface area contributed by atoms with Gasteiger partial charge in [0.15, 0.2) is 0 Å². The first kappa shape index (κ1) is 13.9. The molecule has 0 unspecified atom stereocenters. The van der Waals surface area contributed by atoms with Gasteiger partial charge in [0.1, 0.15) is 0 Å². The van der Waals surface area contributed by atoms with E-state index in [0.29, 0.717) is 0 Å². The lowest BCUT2D eigenvalue weighted by Gasteiger charge is -2.24. The molecule has 0 aliphatic heterocycles. The van der Waals surface area contributed by atoms with Gasteiger partial charge in [0, 0.05) is 22.3 Å². The highest BCUT2D eigenvalue weighted by atomic mass is 16.2. The molecule has 1 aromatic carbocycles. The molecule has 0 bridgehead atoms. The molecule has 1 saturated carbocycles. The highest BCUT2D eigenvalue weighted by molar-refractivity contribution is 5.97. The van der Waals surface area contributed by atoms with Crippen LogP contribution in [0.1, 0.15) is 46.1 Å². The Morgan fingerprint density at radius 2 is 1.89 bits per heavy atom. The maximum Gasteiger partial charge on any atom is 0.230 e. The molecule has 0 heterocycles. The van der Waals surface area contributed by atoms with Gasteiger partial charge in [-0.05, 0) is 64.3 Å². The summed E-state index contributed by atoms with van der Waals surface area (Å²) in [5, 5.41) is 6.47. The van der Waals surface area contributed by atoms with Crippen molar-refractivity contribution in [2.45, 2.75) is 53.0 Å². The van der Waals surface area contributed by atoms with Gasteiger partial charge in [-0.3, -0.25) is 4.79 Å². The van der Waals surface area contributed by atoms with Crippen molar-refractivity contribution in [3.63, 3.8) is 0 Å². The van der Waals surface area contributed by atoms with E-state index in [2.05, 4.69) is 38.3 Å². The second-order valence-electron chi connectivity index (χ2n) is 6.92. The van der Waals surface area contributed by atoms with Gasteiger partial charge >= 0.3 is 0 Å². The maximum absolute atomic E-state index is 12.0. The topological polar surface area (TPSA) is 41.1 Å². The van der Waals surface area contributed by atoms with Crippen LogP contribution >= 0.6 is 0 Å². The summed E-state index contributed by atoms with van der Waals surface area (Å²) >= 11 is 0. The van der Waals surface area contributed by atoms with Crippen molar-refractivity contribution in [2.24, 2.45) is 5.41 Å². The van der Waals surface area contributed by atoms with E-state index >= 15 is 0 Å². The van der Waals surface area contributed by atoms with Crippen molar-refractivity contribution in [1.82, 2.24) is 0 Å². The number of hydrogen-bond acceptors (Lipinski definition) is 2. The van der Waals surface area contributed by atoms with Gasteiger partial charge in [-0.25, -0.2) is 0 Å². The summed E-state index contributed by atoms with van der Waals surface area (Å²) < 4.78 is 0. The molecule has 0 saturated heterocycles. The summed E-state index contributed by atoms with van der Waals surface area (Å²) in [4.78, 5) is 12.0. The van der Waals surface area contributed by atoms with Crippen LogP contribution in [0, 0.1) is 12.3 Å². The van der Waals surface area contributed by atoms with Gasteiger partial charge < -0.3 is 10.6 Å². The number of amides is 1. The molecule has 1 amide bonds. The maximum atomic E-state index is 12.0. The molecule has 1 aliphatic rings. The van der Waals surface area contributed by atoms with Crippen LogP contribution in [0.2, 0.25) is 0 Å². The molecule has 3 nitrogen and oxygen atoms in total. The fraction of sp³-hybridized carbons (Fsp3) is 0.562. The predicted molar refractivity (Wildman–Crippen MR) is 80.5 cm³/mol. The Kier molecular flexibility index (Phi) is 3.33. The summed E-state index contributed by atoms with van der Waals surface area (Å²) in [6.45, 7) is 10.5. The number of benzene rings is 1. The lowest BCUT2D eigenvalue weighted by atomic mass is 10.1. The largest absolute Gasteiger partial charge is 0.380 e. The average Bonchev–Trinajstić information content (AvgIpc) is 3.00. The van der Waals surface area contributed by atoms with Crippen molar-refractivity contribution in [3.8, 4) is 0 Å². The molecule has 3 heteroatoms. The summed E-state index contributed by atoms with van der Waals surface area (Å²) in [5.41, 5.74) is 3.06. The summed E-state index contributed by atoms with van der Waals surface area (Å²) in [5.74, 6) is 0.142. The number of nitrogens with one attached hydrogen (secondary N) is 2. The fourth-order valence-electron chi connectivity index (χ4n) is 1.98. The van der Waals surface area contributed by atoms with Gasteiger partial charge in [-0.1, -0.05) is 6.92 Å². The molecular formula is C16H24N2O. The second-order valence-corrected chi connectivity index (χ2v) is 6.92. The second kappa shape index (κ2) is 4.55. The Morgan fingerprint density at radius 1 is 1.26 bits per heavy atom. The van der Waals surface area contributed by atoms with Crippen LogP contribution in [-0.4, -0.2) is 11.4 Å². The van der Waals surface area contributed by atoms with Gasteiger partial charge in [-0.15, -0.1) is 0 Å². The average molecular weight is 260 g/mol. The van der Waals surface area contributed by atoms with Crippen LogP contribution in [0.3, 0.4) is 0 Å². The van der Waals surface area contributed by atoms with Crippen molar-refractivity contribution < 1.29 is 4.79 Å². The van der Waals surface area contributed by atoms with Crippen LogP contribution in [0.4, 0.5) is 11.4 Å². The van der Waals surface area contributed by atoms with Gasteiger partial charge in [0.2, 0.25) is 5.91 Å². The van der Waals surface area contributed by atoms with Gasteiger partial charge in [0.05, 0.1) is 0 Å².